The van der Waals surface area contributed by atoms with E-state index < -0.39 is 0 Å². The maximum atomic E-state index is 4.57. The van der Waals surface area contributed by atoms with E-state index in [1.165, 1.54) is 3.57 Å². The van der Waals surface area contributed by atoms with Crippen molar-refractivity contribution in [3.05, 3.63) is 45.8 Å². The standard InChI is InChI=1S/C14H18IN3/c1-11(2)9-16-10-13-6-7-18(17-13)14-5-3-4-12(15)8-14/h3-8,11,16H,9-10H2,1-2H3. The third kappa shape index (κ3) is 3.81. The van der Waals surface area contributed by atoms with Crippen LogP contribution in [0.1, 0.15) is 19.5 Å². The Morgan fingerprint density at radius 2 is 2.17 bits per heavy atom. The second-order valence-corrected chi connectivity index (χ2v) is 6.00. The van der Waals surface area contributed by atoms with Crippen LogP contribution in [0.25, 0.3) is 5.69 Å². The fourth-order valence-electron chi connectivity index (χ4n) is 1.71. The predicted molar refractivity (Wildman–Crippen MR) is 82.8 cm³/mol. The van der Waals surface area contributed by atoms with Gasteiger partial charge in [-0.2, -0.15) is 5.10 Å². The maximum absolute atomic E-state index is 4.57. The first-order chi connectivity index (χ1) is 8.65. The molecule has 4 heteroatoms. The van der Waals surface area contributed by atoms with Gasteiger partial charge in [-0.25, -0.2) is 4.68 Å². The second kappa shape index (κ2) is 6.33. The zero-order valence-corrected chi connectivity index (χ0v) is 12.9. The van der Waals surface area contributed by atoms with Crippen LogP contribution in [0.4, 0.5) is 0 Å². The fraction of sp³-hybridized carbons (Fsp3) is 0.357. The fourth-order valence-corrected chi connectivity index (χ4v) is 2.23. The molecule has 96 valence electrons. The van der Waals surface area contributed by atoms with Crippen LogP contribution in [0.5, 0.6) is 0 Å². The van der Waals surface area contributed by atoms with Gasteiger partial charge < -0.3 is 5.32 Å². The Morgan fingerprint density at radius 3 is 2.89 bits per heavy atom. The highest BCUT2D eigenvalue weighted by Gasteiger charge is 2.02. The van der Waals surface area contributed by atoms with Crippen molar-refractivity contribution in [1.29, 1.82) is 0 Å². The summed E-state index contributed by atoms with van der Waals surface area (Å²) in [7, 11) is 0. The van der Waals surface area contributed by atoms with Gasteiger partial charge in [0.2, 0.25) is 0 Å². The molecule has 0 bridgehead atoms. The van der Waals surface area contributed by atoms with Gasteiger partial charge in [0.25, 0.3) is 0 Å². The molecule has 0 amide bonds. The quantitative estimate of drug-likeness (QED) is 0.835. The van der Waals surface area contributed by atoms with Crippen LogP contribution in [0.15, 0.2) is 36.5 Å². The Hall–Kier alpha value is -0.880. The molecule has 1 aromatic carbocycles. The average molecular weight is 355 g/mol. The smallest absolute Gasteiger partial charge is 0.0766 e. The van der Waals surface area contributed by atoms with Crippen molar-refractivity contribution in [2.24, 2.45) is 5.92 Å². The summed E-state index contributed by atoms with van der Waals surface area (Å²) in [6.45, 7) is 6.26. The van der Waals surface area contributed by atoms with Gasteiger partial charge in [0.1, 0.15) is 0 Å². The molecule has 1 heterocycles. The molecule has 0 unspecified atom stereocenters. The summed E-state index contributed by atoms with van der Waals surface area (Å²) in [6.07, 6.45) is 2.01. The van der Waals surface area contributed by atoms with E-state index in [-0.39, 0.29) is 0 Å². The lowest BCUT2D eigenvalue weighted by atomic mass is 10.2. The van der Waals surface area contributed by atoms with Crippen LogP contribution in [-0.2, 0) is 6.54 Å². The SMILES string of the molecule is CC(C)CNCc1ccn(-c2cccc(I)c2)n1. The molecule has 3 nitrogen and oxygen atoms in total. The van der Waals surface area contributed by atoms with Crippen molar-refractivity contribution < 1.29 is 0 Å². The molecule has 18 heavy (non-hydrogen) atoms. The summed E-state index contributed by atoms with van der Waals surface area (Å²) in [5.41, 5.74) is 2.19. The number of nitrogens with one attached hydrogen (secondary N) is 1. The molecule has 0 aliphatic heterocycles. The molecular formula is C14H18IN3. The van der Waals surface area contributed by atoms with E-state index in [9.17, 15) is 0 Å². The number of nitrogens with zero attached hydrogens (tertiary/aromatic N) is 2. The number of rotatable bonds is 5. The number of hydrogen-bond acceptors (Lipinski definition) is 2. The van der Waals surface area contributed by atoms with Crippen LogP contribution in [0, 0.1) is 9.49 Å². The highest BCUT2D eigenvalue weighted by Crippen LogP contribution is 2.12. The summed E-state index contributed by atoms with van der Waals surface area (Å²) in [5, 5.41) is 7.97. The Balaban J connectivity index is 2.02. The van der Waals surface area contributed by atoms with Gasteiger partial charge in [-0.15, -0.1) is 0 Å². The monoisotopic (exact) mass is 355 g/mol. The molecule has 0 saturated heterocycles. The third-order valence-corrected chi connectivity index (χ3v) is 3.25. The molecule has 0 fully saturated rings. The molecule has 1 N–H and O–H groups in total. The van der Waals surface area contributed by atoms with E-state index in [1.807, 2.05) is 10.9 Å². The van der Waals surface area contributed by atoms with Crippen molar-refractivity contribution >= 4 is 22.6 Å². The maximum Gasteiger partial charge on any atom is 0.0766 e. The lowest BCUT2D eigenvalue weighted by Gasteiger charge is -2.05. The molecule has 1 aromatic heterocycles. The molecule has 2 aromatic rings. The number of benzene rings is 1. The van der Waals surface area contributed by atoms with E-state index in [4.69, 9.17) is 0 Å². The Morgan fingerprint density at radius 1 is 1.33 bits per heavy atom. The van der Waals surface area contributed by atoms with Crippen LogP contribution in [0.2, 0.25) is 0 Å². The van der Waals surface area contributed by atoms with Crippen molar-refractivity contribution in [3.8, 4) is 5.69 Å². The highest BCUT2D eigenvalue weighted by atomic mass is 127. The van der Waals surface area contributed by atoms with Gasteiger partial charge in [-0.3, -0.25) is 0 Å². The number of hydrogen-bond donors (Lipinski definition) is 1. The van der Waals surface area contributed by atoms with Gasteiger partial charge in [0.05, 0.1) is 11.4 Å². The Kier molecular flexibility index (Phi) is 4.77. The van der Waals surface area contributed by atoms with E-state index in [2.05, 4.69) is 77.2 Å². The highest BCUT2D eigenvalue weighted by molar-refractivity contribution is 14.1. The minimum atomic E-state index is 0.669. The summed E-state index contributed by atoms with van der Waals surface area (Å²) in [4.78, 5) is 0. The minimum Gasteiger partial charge on any atom is -0.311 e. The van der Waals surface area contributed by atoms with Gasteiger partial charge >= 0.3 is 0 Å². The summed E-state index contributed by atoms with van der Waals surface area (Å²) in [6, 6.07) is 10.4. The predicted octanol–water partition coefficient (Wildman–Crippen LogP) is 3.22. The molecule has 0 radical (unpaired) electrons. The van der Waals surface area contributed by atoms with Crippen molar-refractivity contribution in [2.75, 3.05) is 6.54 Å². The average Bonchev–Trinajstić information content (AvgIpc) is 2.77. The normalized spacial score (nSPS) is 11.1. The van der Waals surface area contributed by atoms with Crippen molar-refractivity contribution in [3.63, 3.8) is 0 Å². The zero-order valence-electron chi connectivity index (χ0n) is 10.7. The molecule has 0 aliphatic rings. The third-order valence-electron chi connectivity index (χ3n) is 2.58. The summed E-state index contributed by atoms with van der Waals surface area (Å²) < 4.78 is 3.15. The molecule has 0 spiro atoms. The molecule has 0 atom stereocenters. The largest absolute Gasteiger partial charge is 0.311 e. The second-order valence-electron chi connectivity index (χ2n) is 4.76. The van der Waals surface area contributed by atoms with E-state index in [0.717, 1.165) is 24.5 Å². The van der Waals surface area contributed by atoms with Crippen LogP contribution >= 0.6 is 22.6 Å². The Labute approximate surface area is 122 Å². The van der Waals surface area contributed by atoms with Gasteiger partial charge in [0, 0.05) is 16.3 Å². The van der Waals surface area contributed by atoms with E-state index in [1.54, 1.807) is 0 Å². The molecule has 0 aliphatic carbocycles. The topological polar surface area (TPSA) is 29.9 Å². The lowest BCUT2D eigenvalue weighted by molar-refractivity contribution is 0.546. The van der Waals surface area contributed by atoms with Gasteiger partial charge in [-0.1, -0.05) is 19.9 Å². The van der Waals surface area contributed by atoms with Gasteiger partial charge in [-0.05, 0) is 59.3 Å². The van der Waals surface area contributed by atoms with Crippen molar-refractivity contribution in [1.82, 2.24) is 15.1 Å². The molecule has 2 rings (SSSR count). The Bertz CT molecular complexity index is 505. The van der Waals surface area contributed by atoms with E-state index >= 15 is 0 Å². The molecule has 0 saturated carbocycles. The zero-order chi connectivity index (χ0) is 13.0. The van der Waals surface area contributed by atoms with Crippen LogP contribution in [0.3, 0.4) is 0 Å². The number of aromatic nitrogens is 2. The van der Waals surface area contributed by atoms with Crippen molar-refractivity contribution in [2.45, 2.75) is 20.4 Å². The van der Waals surface area contributed by atoms with Gasteiger partial charge in [0.15, 0.2) is 0 Å². The van der Waals surface area contributed by atoms with E-state index in [0.29, 0.717) is 5.92 Å². The summed E-state index contributed by atoms with van der Waals surface area (Å²) >= 11 is 2.32. The minimum absolute atomic E-state index is 0.669. The van der Waals surface area contributed by atoms with Crippen LogP contribution in [-0.4, -0.2) is 16.3 Å². The van der Waals surface area contributed by atoms with Crippen LogP contribution < -0.4 is 5.32 Å². The first-order valence-electron chi connectivity index (χ1n) is 6.16. The first-order valence-corrected chi connectivity index (χ1v) is 7.24. The lowest BCUT2D eigenvalue weighted by Crippen LogP contribution is -2.19. The molecular weight excluding hydrogens is 337 g/mol. The summed E-state index contributed by atoms with van der Waals surface area (Å²) in [5.74, 6) is 0.669. The first kappa shape index (κ1) is 13.5. The number of halogens is 1.